The van der Waals surface area contributed by atoms with Gasteiger partial charge in [-0.25, -0.2) is 0 Å². The maximum Gasteiger partial charge on any atom is 0.232 e. The molecule has 3 nitrogen and oxygen atoms in total. The largest absolute Gasteiger partial charge is 0.508 e. The molecule has 5 heteroatoms. The predicted octanol–water partition coefficient (Wildman–Crippen LogP) is 3.20. The number of carbonyl (C=O) groups is 1. The smallest absolute Gasteiger partial charge is 0.232 e. The molecule has 1 aromatic carbocycles. The Hall–Kier alpha value is -1.46. The Kier molecular flexibility index (Phi) is 4.87. The van der Waals surface area contributed by atoms with Crippen LogP contribution in [-0.2, 0) is 11.3 Å². The number of hydrogen-bond donors (Lipinski definition) is 1. The summed E-state index contributed by atoms with van der Waals surface area (Å²) in [7, 11) is 1.82. The van der Waals surface area contributed by atoms with Gasteiger partial charge in [0.05, 0.1) is 5.75 Å². The summed E-state index contributed by atoms with van der Waals surface area (Å²) >= 11 is 3.12. The minimum absolute atomic E-state index is 0.101. The van der Waals surface area contributed by atoms with E-state index in [9.17, 15) is 9.90 Å². The standard InChI is InChI=1S/C14H15NO2S2/c1-15(8-11-6-7-18-9-11)14(17)10-19-13-4-2-12(16)3-5-13/h2-7,9,16H,8,10H2,1H3. The Balaban J connectivity index is 1.82. The summed E-state index contributed by atoms with van der Waals surface area (Å²) in [6.07, 6.45) is 0. The Morgan fingerprint density at radius 3 is 2.68 bits per heavy atom. The van der Waals surface area contributed by atoms with Crippen molar-refractivity contribution in [3.8, 4) is 5.75 Å². The molecule has 0 radical (unpaired) electrons. The first-order chi connectivity index (χ1) is 9.15. The van der Waals surface area contributed by atoms with Crippen molar-refractivity contribution in [2.24, 2.45) is 0 Å². The van der Waals surface area contributed by atoms with Gasteiger partial charge >= 0.3 is 0 Å². The molecule has 0 fully saturated rings. The van der Waals surface area contributed by atoms with Gasteiger partial charge in [0, 0.05) is 18.5 Å². The van der Waals surface area contributed by atoms with Crippen molar-refractivity contribution in [1.82, 2.24) is 4.90 Å². The zero-order chi connectivity index (χ0) is 13.7. The molecule has 1 heterocycles. The summed E-state index contributed by atoms with van der Waals surface area (Å²) in [5.41, 5.74) is 1.16. The maximum atomic E-state index is 12.0. The molecule has 2 aromatic rings. The summed E-state index contributed by atoms with van der Waals surface area (Å²) in [4.78, 5) is 14.7. The molecule has 1 N–H and O–H groups in total. The van der Waals surface area contributed by atoms with Crippen molar-refractivity contribution in [2.75, 3.05) is 12.8 Å². The highest BCUT2D eigenvalue weighted by Crippen LogP contribution is 2.21. The van der Waals surface area contributed by atoms with Gasteiger partial charge in [0.25, 0.3) is 0 Å². The highest BCUT2D eigenvalue weighted by Gasteiger charge is 2.10. The summed E-state index contributed by atoms with van der Waals surface area (Å²) in [5.74, 6) is 0.750. The molecule has 0 aliphatic rings. The number of nitrogens with zero attached hydrogens (tertiary/aromatic N) is 1. The van der Waals surface area contributed by atoms with Crippen molar-refractivity contribution >= 4 is 29.0 Å². The van der Waals surface area contributed by atoms with Crippen LogP contribution in [0.4, 0.5) is 0 Å². The fourth-order valence-electron chi connectivity index (χ4n) is 1.54. The molecule has 1 amide bonds. The molecule has 0 spiro atoms. The Morgan fingerprint density at radius 2 is 2.05 bits per heavy atom. The number of hydrogen-bond acceptors (Lipinski definition) is 4. The molecular formula is C14H15NO2S2. The van der Waals surface area contributed by atoms with Crippen LogP contribution in [0, 0.1) is 0 Å². The molecule has 0 unspecified atom stereocenters. The zero-order valence-electron chi connectivity index (χ0n) is 10.6. The summed E-state index contributed by atoms with van der Waals surface area (Å²) in [6.45, 7) is 0.651. The van der Waals surface area contributed by atoms with E-state index < -0.39 is 0 Å². The second-order valence-corrected chi connectivity index (χ2v) is 5.99. The zero-order valence-corrected chi connectivity index (χ0v) is 12.2. The molecule has 100 valence electrons. The van der Waals surface area contributed by atoms with Crippen LogP contribution in [0.3, 0.4) is 0 Å². The van der Waals surface area contributed by atoms with E-state index in [1.807, 2.05) is 30.6 Å². The first-order valence-electron chi connectivity index (χ1n) is 5.82. The normalized spacial score (nSPS) is 10.4. The topological polar surface area (TPSA) is 40.5 Å². The van der Waals surface area contributed by atoms with Crippen LogP contribution < -0.4 is 0 Å². The van der Waals surface area contributed by atoms with Gasteiger partial charge in [-0.05, 0) is 46.7 Å². The van der Waals surface area contributed by atoms with E-state index in [2.05, 4.69) is 5.38 Å². The molecular weight excluding hydrogens is 278 g/mol. The number of carbonyl (C=O) groups excluding carboxylic acids is 1. The minimum Gasteiger partial charge on any atom is -0.508 e. The van der Waals surface area contributed by atoms with Gasteiger partial charge < -0.3 is 10.0 Å². The number of thioether (sulfide) groups is 1. The fourth-order valence-corrected chi connectivity index (χ4v) is 3.04. The van der Waals surface area contributed by atoms with Gasteiger partial charge in [-0.1, -0.05) is 0 Å². The van der Waals surface area contributed by atoms with Crippen LogP contribution in [0.15, 0.2) is 46.0 Å². The van der Waals surface area contributed by atoms with E-state index in [0.29, 0.717) is 12.3 Å². The highest BCUT2D eigenvalue weighted by atomic mass is 32.2. The van der Waals surface area contributed by atoms with Crippen molar-refractivity contribution in [3.05, 3.63) is 46.7 Å². The van der Waals surface area contributed by atoms with Crippen molar-refractivity contribution in [1.29, 1.82) is 0 Å². The third-order valence-electron chi connectivity index (χ3n) is 2.62. The summed E-state index contributed by atoms with van der Waals surface area (Å²) in [5, 5.41) is 13.2. The van der Waals surface area contributed by atoms with Crippen LogP contribution in [0.1, 0.15) is 5.56 Å². The van der Waals surface area contributed by atoms with Crippen LogP contribution in [-0.4, -0.2) is 28.7 Å². The van der Waals surface area contributed by atoms with E-state index in [1.165, 1.54) is 11.8 Å². The number of benzene rings is 1. The SMILES string of the molecule is CN(Cc1ccsc1)C(=O)CSc1ccc(O)cc1. The second-order valence-electron chi connectivity index (χ2n) is 4.16. The van der Waals surface area contributed by atoms with E-state index in [4.69, 9.17) is 0 Å². The lowest BCUT2D eigenvalue weighted by molar-refractivity contribution is -0.127. The number of thiophene rings is 1. The quantitative estimate of drug-likeness (QED) is 0.861. The lowest BCUT2D eigenvalue weighted by atomic mass is 10.3. The van der Waals surface area contributed by atoms with E-state index in [-0.39, 0.29) is 11.7 Å². The number of aromatic hydroxyl groups is 1. The van der Waals surface area contributed by atoms with E-state index in [1.54, 1.807) is 28.4 Å². The molecule has 0 bridgehead atoms. The predicted molar refractivity (Wildman–Crippen MR) is 79.6 cm³/mol. The van der Waals surface area contributed by atoms with E-state index >= 15 is 0 Å². The average molecular weight is 293 g/mol. The van der Waals surface area contributed by atoms with Crippen LogP contribution in [0.5, 0.6) is 5.75 Å². The molecule has 0 saturated heterocycles. The lowest BCUT2D eigenvalue weighted by Gasteiger charge is -2.16. The van der Waals surface area contributed by atoms with Gasteiger partial charge in [0.2, 0.25) is 5.91 Å². The Morgan fingerprint density at radius 1 is 1.32 bits per heavy atom. The second kappa shape index (κ2) is 6.63. The first kappa shape index (κ1) is 14.0. The van der Waals surface area contributed by atoms with Gasteiger partial charge in [0.1, 0.15) is 5.75 Å². The highest BCUT2D eigenvalue weighted by molar-refractivity contribution is 8.00. The maximum absolute atomic E-state index is 12.0. The molecule has 2 rings (SSSR count). The number of phenolic OH excluding ortho intramolecular Hbond substituents is 1. The molecule has 0 atom stereocenters. The minimum atomic E-state index is 0.101. The summed E-state index contributed by atoms with van der Waals surface area (Å²) < 4.78 is 0. The van der Waals surface area contributed by atoms with Gasteiger partial charge in [0.15, 0.2) is 0 Å². The third-order valence-corrected chi connectivity index (χ3v) is 4.35. The Bertz CT molecular complexity index is 523. The molecule has 1 aromatic heterocycles. The number of phenols is 1. The third kappa shape index (κ3) is 4.29. The molecule has 19 heavy (non-hydrogen) atoms. The monoisotopic (exact) mass is 293 g/mol. The lowest BCUT2D eigenvalue weighted by Crippen LogP contribution is -2.27. The number of rotatable bonds is 5. The number of amides is 1. The molecule has 0 saturated carbocycles. The van der Waals surface area contributed by atoms with Gasteiger partial charge in [-0.2, -0.15) is 11.3 Å². The van der Waals surface area contributed by atoms with Gasteiger partial charge in [-0.15, -0.1) is 11.8 Å². The average Bonchev–Trinajstić information content (AvgIpc) is 2.90. The van der Waals surface area contributed by atoms with Crippen molar-refractivity contribution in [2.45, 2.75) is 11.4 Å². The molecule has 0 aliphatic carbocycles. The van der Waals surface area contributed by atoms with Crippen LogP contribution in [0.2, 0.25) is 0 Å². The fraction of sp³-hybridized carbons (Fsp3) is 0.214. The first-order valence-corrected chi connectivity index (χ1v) is 7.75. The van der Waals surface area contributed by atoms with E-state index in [0.717, 1.165) is 10.5 Å². The van der Waals surface area contributed by atoms with Crippen molar-refractivity contribution in [3.63, 3.8) is 0 Å². The van der Waals surface area contributed by atoms with Crippen LogP contribution >= 0.6 is 23.1 Å². The van der Waals surface area contributed by atoms with Gasteiger partial charge in [-0.3, -0.25) is 4.79 Å². The van der Waals surface area contributed by atoms with Crippen LogP contribution in [0.25, 0.3) is 0 Å². The van der Waals surface area contributed by atoms with Crippen molar-refractivity contribution < 1.29 is 9.90 Å². The molecule has 0 aliphatic heterocycles. The summed E-state index contributed by atoms with van der Waals surface area (Å²) in [6, 6.07) is 8.91. The Labute approximate surface area is 120 Å².